The van der Waals surface area contributed by atoms with Crippen LogP contribution in [0.2, 0.25) is 0 Å². The molecule has 0 saturated heterocycles. The van der Waals surface area contributed by atoms with Gasteiger partial charge in [-0.25, -0.2) is 4.39 Å². The third-order valence-corrected chi connectivity index (χ3v) is 3.94. The topological polar surface area (TPSA) is 22.1 Å². The summed E-state index contributed by atoms with van der Waals surface area (Å²) >= 11 is 0. The molecule has 0 unspecified atom stereocenters. The summed E-state index contributed by atoms with van der Waals surface area (Å²) in [5, 5.41) is 0.752. The van der Waals surface area contributed by atoms with Gasteiger partial charge in [-0.2, -0.15) is 0 Å². The van der Waals surface area contributed by atoms with Crippen molar-refractivity contribution in [2.45, 2.75) is 58.3 Å². The Hall–Kier alpha value is -1.64. The molecule has 0 spiro atoms. The first-order valence-electron chi connectivity index (χ1n) is 8.49. The normalized spacial score (nSPS) is 11.0. The number of benzene rings is 1. The first-order chi connectivity index (χ1) is 10.8. The maximum absolute atomic E-state index is 13.7. The summed E-state index contributed by atoms with van der Waals surface area (Å²) in [7, 11) is 0. The quantitative estimate of drug-likeness (QED) is 0.510. The number of halogens is 1. The Balaban J connectivity index is 1.71. The van der Waals surface area contributed by atoms with Crippen molar-refractivity contribution >= 4 is 10.9 Å². The number of aromatic nitrogens is 1. The van der Waals surface area contributed by atoms with E-state index in [1.165, 1.54) is 51.0 Å². The highest BCUT2D eigenvalue weighted by Crippen LogP contribution is 2.25. The molecule has 2 aromatic rings. The monoisotopic (exact) mass is 303 g/mol. The van der Waals surface area contributed by atoms with Gasteiger partial charge in [-0.15, -0.1) is 0 Å². The molecular formula is C19H26FNO. The number of pyridine rings is 1. The molecule has 1 aromatic heterocycles. The zero-order chi connectivity index (χ0) is 15.6. The molecule has 0 radical (unpaired) electrons. The fourth-order valence-electron chi connectivity index (χ4n) is 2.66. The number of unbranched alkanes of at least 4 members (excludes halogenated alkanes) is 7. The molecule has 3 heteroatoms. The summed E-state index contributed by atoms with van der Waals surface area (Å²) in [5.41, 5.74) is 0.385. The van der Waals surface area contributed by atoms with Crippen LogP contribution in [0.1, 0.15) is 58.3 Å². The van der Waals surface area contributed by atoms with E-state index in [1.54, 1.807) is 12.3 Å². The van der Waals surface area contributed by atoms with Crippen LogP contribution in [0.3, 0.4) is 0 Å². The van der Waals surface area contributed by atoms with Gasteiger partial charge in [0.25, 0.3) is 0 Å². The van der Waals surface area contributed by atoms with Crippen molar-refractivity contribution in [2.75, 3.05) is 6.61 Å². The van der Waals surface area contributed by atoms with E-state index in [1.807, 2.05) is 12.1 Å². The molecule has 1 aromatic carbocycles. The lowest BCUT2D eigenvalue weighted by Gasteiger charge is -2.09. The smallest absolute Gasteiger partial charge is 0.149 e. The van der Waals surface area contributed by atoms with Gasteiger partial charge in [-0.3, -0.25) is 4.98 Å². The van der Waals surface area contributed by atoms with Crippen molar-refractivity contribution in [1.82, 2.24) is 4.98 Å². The molecular weight excluding hydrogens is 277 g/mol. The van der Waals surface area contributed by atoms with E-state index in [0.717, 1.165) is 17.6 Å². The predicted octanol–water partition coefficient (Wildman–Crippen LogP) is 5.89. The van der Waals surface area contributed by atoms with E-state index >= 15 is 0 Å². The van der Waals surface area contributed by atoms with E-state index in [9.17, 15) is 4.39 Å². The first kappa shape index (κ1) is 16.7. The van der Waals surface area contributed by atoms with Gasteiger partial charge in [0.05, 0.1) is 6.61 Å². The second kappa shape index (κ2) is 9.39. The Morgan fingerprint density at radius 2 is 1.68 bits per heavy atom. The largest absolute Gasteiger partial charge is 0.493 e. The highest BCUT2D eigenvalue weighted by Gasteiger charge is 2.06. The minimum atomic E-state index is -0.296. The summed E-state index contributed by atoms with van der Waals surface area (Å²) in [6, 6.07) is 6.79. The van der Waals surface area contributed by atoms with E-state index in [2.05, 4.69) is 11.9 Å². The number of ether oxygens (including phenoxy) is 1. The standard InChI is InChI=1S/C19H26FNO/c1-2-3-4-5-6-7-8-9-15-22-18-13-14-21-19-16(18)11-10-12-17(19)20/h10-14H,2-9,15H2,1H3. The lowest BCUT2D eigenvalue weighted by Crippen LogP contribution is -1.99. The molecule has 0 aliphatic rings. The number of hydrogen-bond donors (Lipinski definition) is 0. The fraction of sp³-hybridized carbons (Fsp3) is 0.526. The molecule has 0 fully saturated rings. The molecule has 120 valence electrons. The van der Waals surface area contributed by atoms with Crippen LogP contribution in [-0.2, 0) is 0 Å². The highest BCUT2D eigenvalue weighted by atomic mass is 19.1. The average molecular weight is 303 g/mol. The third-order valence-electron chi connectivity index (χ3n) is 3.94. The van der Waals surface area contributed by atoms with Crippen molar-refractivity contribution in [3.05, 3.63) is 36.3 Å². The lowest BCUT2D eigenvalue weighted by atomic mass is 10.1. The van der Waals surface area contributed by atoms with Crippen LogP contribution in [0.5, 0.6) is 5.75 Å². The number of para-hydroxylation sites is 1. The third kappa shape index (κ3) is 4.97. The Bertz CT molecular complexity index is 570. The minimum absolute atomic E-state index is 0.296. The van der Waals surface area contributed by atoms with Gasteiger partial charge < -0.3 is 4.74 Å². The van der Waals surface area contributed by atoms with Gasteiger partial charge in [0.2, 0.25) is 0 Å². The second-order valence-electron chi connectivity index (χ2n) is 5.77. The number of hydrogen-bond acceptors (Lipinski definition) is 2. The van der Waals surface area contributed by atoms with E-state index < -0.39 is 0 Å². The Labute approximate surface area is 132 Å². The van der Waals surface area contributed by atoms with Crippen LogP contribution in [0, 0.1) is 5.82 Å². The van der Waals surface area contributed by atoms with Gasteiger partial charge >= 0.3 is 0 Å². The molecule has 0 saturated carbocycles. The predicted molar refractivity (Wildman–Crippen MR) is 89.8 cm³/mol. The summed E-state index contributed by atoms with van der Waals surface area (Å²) in [5.74, 6) is 0.433. The minimum Gasteiger partial charge on any atom is -0.493 e. The lowest BCUT2D eigenvalue weighted by molar-refractivity contribution is 0.307. The molecule has 0 N–H and O–H groups in total. The Kier molecular flexibility index (Phi) is 7.14. The Morgan fingerprint density at radius 3 is 2.45 bits per heavy atom. The van der Waals surface area contributed by atoms with Crippen LogP contribution < -0.4 is 4.74 Å². The van der Waals surface area contributed by atoms with E-state index in [0.29, 0.717) is 12.1 Å². The van der Waals surface area contributed by atoms with Crippen LogP contribution in [0.4, 0.5) is 4.39 Å². The molecule has 0 aliphatic heterocycles. The van der Waals surface area contributed by atoms with Crippen molar-refractivity contribution in [2.24, 2.45) is 0 Å². The van der Waals surface area contributed by atoms with Crippen LogP contribution in [0.25, 0.3) is 10.9 Å². The van der Waals surface area contributed by atoms with E-state index in [-0.39, 0.29) is 5.82 Å². The second-order valence-corrected chi connectivity index (χ2v) is 5.77. The van der Waals surface area contributed by atoms with Crippen LogP contribution in [-0.4, -0.2) is 11.6 Å². The molecule has 22 heavy (non-hydrogen) atoms. The van der Waals surface area contributed by atoms with Crippen molar-refractivity contribution in [3.63, 3.8) is 0 Å². The molecule has 2 rings (SSSR count). The van der Waals surface area contributed by atoms with Gasteiger partial charge in [-0.1, -0.05) is 57.9 Å². The van der Waals surface area contributed by atoms with Crippen molar-refractivity contribution < 1.29 is 9.13 Å². The summed E-state index contributed by atoms with van der Waals surface area (Å²) in [6.45, 7) is 2.93. The average Bonchev–Trinajstić information content (AvgIpc) is 2.54. The molecule has 0 bridgehead atoms. The Morgan fingerprint density at radius 1 is 0.955 bits per heavy atom. The van der Waals surface area contributed by atoms with Gasteiger partial charge in [0.15, 0.2) is 0 Å². The molecule has 0 amide bonds. The van der Waals surface area contributed by atoms with Crippen molar-refractivity contribution in [1.29, 1.82) is 0 Å². The van der Waals surface area contributed by atoms with Crippen LogP contribution >= 0.6 is 0 Å². The highest BCUT2D eigenvalue weighted by molar-refractivity contribution is 5.85. The molecule has 0 aliphatic carbocycles. The number of nitrogens with zero attached hydrogens (tertiary/aromatic N) is 1. The van der Waals surface area contributed by atoms with Gasteiger partial charge in [0, 0.05) is 11.6 Å². The number of fused-ring (bicyclic) bond motifs is 1. The molecule has 2 nitrogen and oxygen atoms in total. The maximum atomic E-state index is 13.7. The zero-order valence-electron chi connectivity index (χ0n) is 13.5. The summed E-state index contributed by atoms with van der Waals surface area (Å²) < 4.78 is 19.5. The summed E-state index contributed by atoms with van der Waals surface area (Å²) in [4.78, 5) is 4.08. The fourth-order valence-corrected chi connectivity index (χ4v) is 2.66. The molecule has 0 atom stereocenters. The zero-order valence-corrected chi connectivity index (χ0v) is 13.5. The first-order valence-corrected chi connectivity index (χ1v) is 8.49. The van der Waals surface area contributed by atoms with Gasteiger partial charge in [0.1, 0.15) is 17.1 Å². The van der Waals surface area contributed by atoms with E-state index in [4.69, 9.17) is 4.74 Å². The van der Waals surface area contributed by atoms with Crippen molar-refractivity contribution in [3.8, 4) is 5.75 Å². The van der Waals surface area contributed by atoms with Crippen LogP contribution in [0.15, 0.2) is 30.5 Å². The summed E-state index contributed by atoms with van der Waals surface area (Å²) in [6.07, 6.45) is 11.8. The SMILES string of the molecule is CCCCCCCCCCOc1ccnc2c(F)cccc12. The molecule has 1 heterocycles. The number of rotatable bonds is 10. The maximum Gasteiger partial charge on any atom is 0.149 e. The van der Waals surface area contributed by atoms with Gasteiger partial charge in [-0.05, 0) is 24.6 Å².